The van der Waals surface area contributed by atoms with Gasteiger partial charge in [-0.15, -0.1) is 0 Å². The minimum absolute atomic E-state index is 0.286. The zero-order valence-electron chi connectivity index (χ0n) is 9.37. The summed E-state index contributed by atoms with van der Waals surface area (Å²) in [5.41, 5.74) is 5.29. The van der Waals surface area contributed by atoms with E-state index < -0.39 is 0 Å². The van der Waals surface area contributed by atoms with Crippen molar-refractivity contribution < 1.29 is 0 Å². The van der Waals surface area contributed by atoms with Crippen molar-refractivity contribution in [1.82, 2.24) is 9.55 Å². The number of imidazole rings is 1. The van der Waals surface area contributed by atoms with E-state index in [1.807, 2.05) is 12.4 Å². The van der Waals surface area contributed by atoms with Crippen molar-refractivity contribution in [2.45, 2.75) is 45.6 Å². The predicted octanol–water partition coefficient (Wildman–Crippen LogP) is 1.94. The van der Waals surface area contributed by atoms with Crippen LogP contribution in [0.2, 0.25) is 0 Å². The van der Waals surface area contributed by atoms with Crippen LogP contribution in [0.25, 0.3) is 0 Å². The molecule has 0 spiro atoms. The highest BCUT2D eigenvalue weighted by atomic mass is 15.1. The number of hydrogen-bond donors (Lipinski definition) is 2. The van der Waals surface area contributed by atoms with Crippen LogP contribution in [0.4, 0.5) is 0 Å². The lowest BCUT2D eigenvalue weighted by Crippen LogP contribution is -2.09. The number of nitrogens with two attached hydrogens (primary N) is 1. The first-order valence-corrected chi connectivity index (χ1v) is 5.57. The van der Waals surface area contributed by atoms with E-state index in [1.165, 1.54) is 5.82 Å². The van der Waals surface area contributed by atoms with E-state index in [2.05, 4.69) is 16.5 Å². The molecule has 15 heavy (non-hydrogen) atoms. The Morgan fingerprint density at radius 1 is 1.53 bits per heavy atom. The Morgan fingerprint density at radius 3 is 3.00 bits per heavy atom. The Bertz CT molecular complexity index is 303. The molecule has 0 fully saturated rings. The first kappa shape index (κ1) is 11.8. The van der Waals surface area contributed by atoms with Gasteiger partial charge >= 0.3 is 0 Å². The van der Waals surface area contributed by atoms with Crippen molar-refractivity contribution in [1.29, 1.82) is 5.41 Å². The van der Waals surface area contributed by atoms with E-state index in [0.717, 1.165) is 32.2 Å². The van der Waals surface area contributed by atoms with Crippen LogP contribution < -0.4 is 5.73 Å². The van der Waals surface area contributed by atoms with E-state index in [1.54, 1.807) is 0 Å². The Hall–Kier alpha value is -1.32. The normalized spacial score (nSPS) is 10.5. The maximum Gasteiger partial charge on any atom is 0.108 e. The predicted molar refractivity (Wildman–Crippen MR) is 62.0 cm³/mol. The third-order valence-corrected chi connectivity index (χ3v) is 2.37. The third-order valence-electron chi connectivity index (χ3n) is 2.37. The molecule has 0 bridgehead atoms. The molecule has 0 radical (unpaired) electrons. The zero-order valence-corrected chi connectivity index (χ0v) is 9.37. The first-order chi connectivity index (χ1) is 7.24. The Balaban J connectivity index is 2.30. The average Bonchev–Trinajstić information content (AvgIpc) is 2.61. The van der Waals surface area contributed by atoms with Gasteiger partial charge in [-0.25, -0.2) is 4.98 Å². The maximum atomic E-state index is 7.11. The number of aryl methyl sites for hydroxylation is 2. The van der Waals surface area contributed by atoms with Crippen molar-refractivity contribution in [2.24, 2.45) is 5.73 Å². The lowest BCUT2D eigenvalue weighted by atomic mass is 10.2. The van der Waals surface area contributed by atoms with Crippen molar-refractivity contribution in [3.63, 3.8) is 0 Å². The number of nitrogens with one attached hydrogen (secondary N) is 1. The van der Waals surface area contributed by atoms with Gasteiger partial charge in [0, 0.05) is 31.8 Å². The van der Waals surface area contributed by atoms with Crippen molar-refractivity contribution >= 4 is 5.84 Å². The van der Waals surface area contributed by atoms with Crippen LogP contribution in [0.3, 0.4) is 0 Å². The molecule has 0 atom stereocenters. The second kappa shape index (κ2) is 6.22. The summed E-state index contributed by atoms with van der Waals surface area (Å²) >= 11 is 0. The summed E-state index contributed by atoms with van der Waals surface area (Å²) in [6.07, 6.45) is 8.81. The van der Waals surface area contributed by atoms with Gasteiger partial charge in [-0.2, -0.15) is 0 Å². The van der Waals surface area contributed by atoms with Crippen molar-refractivity contribution in [2.75, 3.05) is 0 Å². The molecular formula is C11H20N4. The molecule has 0 aliphatic rings. The van der Waals surface area contributed by atoms with Gasteiger partial charge in [0.25, 0.3) is 0 Å². The number of nitrogens with zero attached hydrogens (tertiary/aromatic N) is 2. The van der Waals surface area contributed by atoms with Crippen LogP contribution in [0.15, 0.2) is 12.4 Å². The molecule has 1 rings (SSSR count). The molecule has 1 aromatic heterocycles. The smallest absolute Gasteiger partial charge is 0.108 e. The highest BCUT2D eigenvalue weighted by Gasteiger charge is 2.00. The van der Waals surface area contributed by atoms with Crippen molar-refractivity contribution in [3.05, 3.63) is 18.2 Å². The second-order valence-corrected chi connectivity index (χ2v) is 3.77. The zero-order chi connectivity index (χ0) is 11.1. The lowest BCUT2D eigenvalue weighted by Gasteiger charge is -2.06. The fourth-order valence-electron chi connectivity index (χ4n) is 1.59. The van der Waals surface area contributed by atoms with Crippen LogP contribution in [0.5, 0.6) is 0 Å². The summed E-state index contributed by atoms with van der Waals surface area (Å²) < 4.78 is 2.20. The molecule has 0 saturated heterocycles. The van der Waals surface area contributed by atoms with Gasteiger partial charge < -0.3 is 10.3 Å². The number of hydrogen-bond acceptors (Lipinski definition) is 2. The number of unbranched alkanes of at least 4 members (excludes halogenated alkanes) is 1. The van der Waals surface area contributed by atoms with Crippen molar-refractivity contribution in [3.8, 4) is 0 Å². The Kier molecular flexibility index (Phi) is 4.87. The highest BCUT2D eigenvalue weighted by molar-refractivity contribution is 5.76. The molecule has 0 aliphatic carbocycles. The topological polar surface area (TPSA) is 67.7 Å². The Morgan fingerprint density at radius 2 is 2.33 bits per heavy atom. The van der Waals surface area contributed by atoms with Crippen LogP contribution in [-0.2, 0) is 13.0 Å². The Labute approximate surface area is 91.0 Å². The first-order valence-electron chi connectivity index (χ1n) is 5.57. The van der Waals surface area contributed by atoms with E-state index in [-0.39, 0.29) is 5.84 Å². The quantitative estimate of drug-likeness (QED) is 0.408. The lowest BCUT2D eigenvalue weighted by molar-refractivity contribution is 0.588. The minimum atomic E-state index is 0.286. The maximum absolute atomic E-state index is 7.11. The molecule has 0 amide bonds. The third kappa shape index (κ3) is 4.14. The van der Waals surface area contributed by atoms with E-state index >= 15 is 0 Å². The van der Waals surface area contributed by atoms with E-state index in [0.29, 0.717) is 6.42 Å². The summed E-state index contributed by atoms with van der Waals surface area (Å²) in [5, 5.41) is 7.11. The SMILES string of the molecule is CCCc1nccn1CCCCC(=N)N. The molecule has 4 nitrogen and oxygen atoms in total. The summed E-state index contributed by atoms with van der Waals surface area (Å²) in [4.78, 5) is 4.32. The van der Waals surface area contributed by atoms with Crippen LogP contribution in [-0.4, -0.2) is 15.4 Å². The van der Waals surface area contributed by atoms with Gasteiger partial charge in [-0.05, 0) is 19.3 Å². The second-order valence-electron chi connectivity index (χ2n) is 3.77. The number of amidine groups is 1. The molecule has 0 saturated carbocycles. The molecule has 0 aromatic carbocycles. The molecule has 1 aromatic rings. The average molecular weight is 208 g/mol. The summed E-state index contributed by atoms with van der Waals surface area (Å²) in [5.74, 6) is 1.45. The van der Waals surface area contributed by atoms with Crippen LogP contribution >= 0.6 is 0 Å². The molecule has 0 unspecified atom stereocenters. The standard InChI is InChI=1S/C11H20N4/c1-2-5-11-14-7-9-15(11)8-4-3-6-10(12)13/h7,9H,2-6,8H2,1H3,(H3,12,13). The monoisotopic (exact) mass is 208 g/mol. The fourth-order valence-corrected chi connectivity index (χ4v) is 1.59. The number of rotatable bonds is 7. The fraction of sp³-hybridized carbons (Fsp3) is 0.636. The van der Waals surface area contributed by atoms with Gasteiger partial charge in [0.1, 0.15) is 5.82 Å². The van der Waals surface area contributed by atoms with Gasteiger partial charge in [0.05, 0.1) is 5.84 Å². The molecule has 1 heterocycles. The van der Waals surface area contributed by atoms with Gasteiger partial charge in [0.15, 0.2) is 0 Å². The van der Waals surface area contributed by atoms with Gasteiger partial charge in [-0.3, -0.25) is 5.41 Å². The van der Waals surface area contributed by atoms with Crippen LogP contribution in [0.1, 0.15) is 38.4 Å². The van der Waals surface area contributed by atoms with E-state index in [4.69, 9.17) is 11.1 Å². The molecular weight excluding hydrogens is 188 g/mol. The largest absolute Gasteiger partial charge is 0.388 e. The summed E-state index contributed by atoms with van der Waals surface area (Å²) in [7, 11) is 0. The molecule has 4 heteroatoms. The minimum Gasteiger partial charge on any atom is -0.388 e. The molecule has 3 N–H and O–H groups in total. The highest BCUT2D eigenvalue weighted by Crippen LogP contribution is 2.04. The van der Waals surface area contributed by atoms with Gasteiger partial charge in [0.2, 0.25) is 0 Å². The number of aromatic nitrogens is 2. The van der Waals surface area contributed by atoms with Crippen LogP contribution in [0, 0.1) is 5.41 Å². The molecule has 0 aliphatic heterocycles. The van der Waals surface area contributed by atoms with E-state index in [9.17, 15) is 0 Å². The molecule has 84 valence electrons. The summed E-state index contributed by atoms with van der Waals surface area (Å²) in [6, 6.07) is 0. The summed E-state index contributed by atoms with van der Waals surface area (Å²) in [6.45, 7) is 3.15. The van der Waals surface area contributed by atoms with Gasteiger partial charge in [-0.1, -0.05) is 6.92 Å².